The Morgan fingerprint density at radius 3 is 1.61 bits per heavy atom. The van der Waals surface area contributed by atoms with Crippen molar-refractivity contribution in [3.63, 3.8) is 0 Å². The molecule has 0 heterocycles. The highest BCUT2D eigenvalue weighted by atomic mass is 16.5. The van der Waals surface area contributed by atoms with Gasteiger partial charge in [-0.15, -0.1) is 0 Å². The minimum absolute atomic E-state index is 0.264. The quantitative estimate of drug-likeness (QED) is 0.759. The first-order valence-electron chi connectivity index (χ1n) is 6.49. The van der Waals surface area contributed by atoms with E-state index in [2.05, 4.69) is 74.5 Å². The smallest absolute Gasteiger partial charge is 0.0578 e. The van der Waals surface area contributed by atoms with Gasteiger partial charge in [0.15, 0.2) is 0 Å². The predicted molar refractivity (Wildman–Crippen MR) is 75.8 cm³/mol. The molecule has 0 aromatic heterocycles. The second-order valence-corrected chi connectivity index (χ2v) is 4.76. The summed E-state index contributed by atoms with van der Waals surface area (Å²) in [7, 11) is 0. The molecule has 0 bridgehead atoms. The third-order valence-electron chi connectivity index (χ3n) is 3.00. The standard InChI is InChI=1S/C17H20O/c1-14(2)18-13-17(15-9-5-3-6-10-15)16-11-7-4-8-12-16/h3-12,14,17H,13H2,1-2H3. The maximum absolute atomic E-state index is 5.81. The monoisotopic (exact) mass is 240 g/mol. The van der Waals surface area contributed by atoms with Gasteiger partial charge in [0.05, 0.1) is 12.7 Å². The fourth-order valence-electron chi connectivity index (χ4n) is 2.04. The van der Waals surface area contributed by atoms with Crippen LogP contribution in [0.1, 0.15) is 30.9 Å². The lowest BCUT2D eigenvalue weighted by molar-refractivity contribution is 0.0734. The van der Waals surface area contributed by atoms with E-state index >= 15 is 0 Å². The van der Waals surface area contributed by atoms with Crippen LogP contribution in [0, 0.1) is 0 Å². The predicted octanol–water partition coefficient (Wildman–Crippen LogP) is 4.24. The minimum Gasteiger partial charge on any atom is -0.378 e. The molecule has 0 N–H and O–H groups in total. The van der Waals surface area contributed by atoms with Crippen molar-refractivity contribution in [2.75, 3.05) is 6.61 Å². The Hall–Kier alpha value is -1.60. The molecule has 0 atom stereocenters. The van der Waals surface area contributed by atoms with Crippen LogP contribution in [0.4, 0.5) is 0 Å². The number of hydrogen-bond donors (Lipinski definition) is 0. The van der Waals surface area contributed by atoms with Gasteiger partial charge < -0.3 is 4.74 Å². The zero-order valence-corrected chi connectivity index (χ0v) is 11.0. The summed E-state index contributed by atoms with van der Waals surface area (Å²) in [5.41, 5.74) is 2.62. The van der Waals surface area contributed by atoms with Gasteiger partial charge in [0, 0.05) is 5.92 Å². The first-order valence-corrected chi connectivity index (χ1v) is 6.49. The van der Waals surface area contributed by atoms with Gasteiger partial charge in [0.1, 0.15) is 0 Å². The zero-order chi connectivity index (χ0) is 12.8. The van der Waals surface area contributed by atoms with Gasteiger partial charge in [-0.05, 0) is 25.0 Å². The Labute approximate surface area is 109 Å². The van der Waals surface area contributed by atoms with Crippen molar-refractivity contribution >= 4 is 0 Å². The zero-order valence-electron chi connectivity index (χ0n) is 11.0. The Morgan fingerprint density at radius 2 is 1.22 bits per heavy atom. The third kappa shape index (κ3) is 3.44. The molecule has 0 saturated heterocycles. The molecule has 0 unspecified atom stereocenters. The SMILES string of the molecule is CC(C)OCC(c1ccccc1)c1ccccc1. The van der Waals surface area contributed by atoms with E-state index in [1.165, 1.54) is 11.1 Å². The van der Waals surface area contributed by atoms with Crippen molar-refractivity contribution in [1.29, 1.82) is 0 Å². The Balaban J connectivity index is 2.24. The molecule has 0 spiro atoms. The first-order chi connectivity index (χ1) is 8.77. The molecule has 1 heteroatoms. The second-order valence-electron chi connectivity index (χ2n) is 4.76. The number of benzene rings is 2. The van der Waals surface area contributed by atoms with Crippen molar-refractivity contribution in [2.24, 2.45) is 0 Å². The first kappa shape index (κ1) is 12.8. The highest BCUT2D eigenvalue weighted by molar-refractivity contribution is 5.32. The molecule has 2 aromatic carbocycles. The van der Waals surface area contributed by atoms with E-state index < -0.39 is 0 Å². The molecular weight excluding hydrogens is 220 g/mol. The summed E-state index contributed by atoms with van der Waals surface area (Å²) in [5.74, 6) is 0.315. The van der Waals surface area contributed by atoms with Crippen LogP contribution < -0.4 is 0 Å². The van der Waals surface area contributed by atoms with E-state index in [0.29, 0.717) is 5.92 Å². The van der Waals surface area contributed by atoms with Crippen LogP contribution in [0.3, 0.4) is 0 Å². The molecule has 0 saturated carbocycles. The van der Waals surface area contributed by atoms with Gasteiger partial charge in [0.25, 0.3) is 0 Å². The average Bonchev–Trinajstić information content (AvgIpc) is 2.41. The highest BCUT2D eigenvalue weighted by Crippen LogP contribution is 2.25. The van der Waals surface area contributed by atoms with E-state index in [4.69, 9.17) is 4.74 Å². The topological polar surface area (TPSA) is 9.23 Å². The summed E-state index contributed by atoms with van der Waals surface area (Å²) in [4.78, 5) is 0. The largest absolute Gasteiger partial charge is 0.378 e. The third-order valence-corrected chi connectivity index (χ3v) is 3.00. The van der Waals surface area contributed by atoms with Gasteiger partial charge in [0.2, 0.25) is 0 Å². The van der Waals surface area contributed by atoms with Crippen LogP contribution >= 0.6 is 0 Å². The van der Waals surface area contributed by atoms with Gasteiger partial charge in [-0.25, -0.2) is 0 Å². The second kappa shape index (κ2) is 6.36. The van der Waals surface area contributed by atoms with Crippen LogP contribution in [0.2, 0.25) is 0 Å². The lowest BCUT2D eigenvalue weighted by Gasteiger charge is -2.19. The molecule has 1 nitrogen and oxygen atoms in total. The van der Waals surface area contributed by atoms with Crippen LogP contribution in [-0.4, -0.2) is 12.7 Å². The summed E-state index contributed by atoms with van der Waals surface area (Å²) >= 11 is 0. The molecule has 0 fully saturated rings. The van der Waals surface area contributed by atoms with E-state index in [9.17, 15) is 0 Å². The number of ether oxygens (including phenoxy) is 1. The van der Waals surface area contributed by atoms with Crippen LogP contribution in [0.25, 0.3) is 0 Å². The highest BCUT2D eigenvalue weighted by Gasteiger charge is 2.14. The Morgan fingerprint density at radius 1 is 0.778 bits per heavy atom. The molecule has 0 radical (unpaired) electrons. The van der Waals surface area contributed by atoms with Gasteiger partial charge in [-0.1, -0.05) is 60.7 Å². The maximum atomic E-state index is 5.81. The van der Waals surface area contributed by atoms with Crippen molar-refractivity contribution in [2.45, 2.75) is 25.9 Å². The molecule has 18 heavy (non-hydrogen) atoms. The lowest BCUT2D eigenvalue weighted by Crippen LogP contribution is -2.13. The summed E-state index contributed by atoms with van der Waals surface area (Å²) in [5, 5.41) is 0. The molecule has 0 aliphatic rings. The van der Waals surface area contributed by atoms with Crippen molar-refractivity contribution < 1.29 is 4.74 Å². The van der Waals surface area contributed by atoms with Crippen molar-refractivity contribution in [1.82, 2.24) is 0 Å². The van der Waals surface area contributed by atoms with Gasteiger partial charge in [-0.3, -0.25) is 0 Å². The molecule has 2 rings (SSSR count). The number of rotatable bonds is 5. The van der Waals surface area contributed by atoms with Crippen LogP contribution in [0.5, 0.6) is 0 Å². The maximum Gasteiger partial charge on any atom is 0.0578 e. The fourth-order valence-corrected chi connectivity index (χ4v) is 2.04. The van der Waals surface area contributed by atoms with Crippen molar-refractivity contribution in [3.05, 3.63) is 71.8 Å². The minimum atomic E-state index is 0.264. The van der Waals surface area contributed by atoms with Crippen molar-refractivity contribution in [3.8, 4) is 0 Å². The molecule has 0 aliphatic carbocycles. The van der Waals surface area contributed by atoms with E-state index in [0.717, 1.165) is 6.61 Å². The average molecular weight is 240 g/mol. The lowest BCUT2D eigenvalue weighted by atomic mass is 9.92. The normalized spacial score (nSPS) is 11.1. The Kier molecular flexibility index (Phi) is 4.54. The van der Waals surface area contributed by atoms with Crippen LogP contribution in [-0.2, 0) is 4.74 Å². The molecule has 2 aromatic rings. The Bertz CT molecular complexity index is 408. The fraction of sp³-hybridized carbons (Fsp3) is 0.294. The summed E-state index contributed by atoms with van der Waals surface area (Å²) in [6.07, 6.45) is 0.264. The number of hydrogen-bond acceptors (Lipinski definition) is 1. The molecule has 0 amide bonds. The summed E-state index contributed by atoms with van der Waals surface area (Å²) in [6, 6.07) is 21.1. The van der Waals surface area contributed by atoms with E-state index in [-0.39, 0.29) is 6.10 Å². The molecular formula is C17H20O. The summed E-state index contributed by atoms with van der Waals surface area (Å²) in [6.45, 7) is 4.88. The van der Waals surface area contributed by atoms with E-state index in [1.54, 1.807) is 0 Å². The van der Waals surface area contributed by atoms with Gasteiger partial charge in [-0.2, -0.15) is 0 Å². The van der Waals surface area contributed by atoms with Crippen LogP contribution in [0.15, 0.2) is 60.7 Å². The van der Waals surface area contributed by atoms with Gasteiger partial charge >= 0.3 is 0 Å². The summed E-state index contributed by atoms with van der Waals surface area (Å²) < 4.78 is 5.81. The molecule has 94 valence electrons. The molecule has 0 aliphatic heterocycles. The van der Waals surface area contributed by atoms with E-state index in [1.807, 2.05) is 0 Å².